The molecule has 0 aliphatic heterocycles. The molecule has 108 valence electrons. The number of thiocarbonyl (C=S) groups is 1. The molecule has 0 aromatic heterocycles. The summed E-state index contributed by atoms with van der Waals surface area (Å²) in [5.41, 5.74) is 2.07. The fraction of sp³-hybridized carbons (Fsp3) is 0.0667. The average Bonchev–Trinajstić information content (AvgIpc) is 2.43. The highest BCUT2D eigenvalue weighted by Crippen LogP contribution is 2.29. The number of carbonyl (C=O) groups excluding carboxylic acids is 1. The number of anilines is 1. The lowest BCUT2D eigenvalue weighted by atomic mass is 10.1. The molecular weight excluding hydrogens is 327 g/mol. The summed E-state index contributed by atoms with van der Waals surface area (Å²) in [6, 6.07) is 12.3. The molecule has 0 spiro atoms. The third-order valence-electron chi connectivity index (χ3n) is 2.74. The molecule has 6 heteroatoms. The van der Waals surface area contributed by atoms with Gasteiger partial charge in [0.15, 0.2) is 5.11 Å². The van der Waals surface area contributed by atoms with Crippen LogP contribution in [-0.2, 0) is 0 Å². The van der Waals surface area contributed by atoms with Gasteiger partial charge in [0.1, 0.15) is 0 Å². The summed E-state index contributed by atoms with van der Waals surface area (Å²) in [6.07, 6.45) is 0. The van der Waals surface area contributed by atoms with Gasteiger partial charge in [0, 0.05) is 5.56 Å². The summed E-state index contributed by atoms with van der Waals surface area (Å²) in [5.74, 6) is -0.296. The van der Waals surface area contributed by atoms with Gasteiger partial charge < -0.3 is 5.32 Å². The van der Waals surface area contributed by atoms with E-state index in [-0.39, 0.29) is 11.0 Å². The van der Waals surface area contributed by atoms with Crippen LogP contribution in [0.25, 0.3) is 0 Å². The van der Waals surface area contributed by atoms with Gasteiger partial charge in [-0.3, -0.25) is 10.1 Å². The maximum Gasteiger partial charge on any atom is 0.257 e. The Morgan fingerprint density at radius 1 is 1.05 bits per heavy atom. The second kappa shape index (κ2) is 6.89. The number of hydrogen-bond donors (Lipinski definition) is 2. The summed E-state index contributed by atoms with van der Waals surface area (Å²) in [4.78, 5) is 12.0. The highest BCUT2D eigenvalue weighted by Gasteiger charge is 2.10. The third kappa shape index (κ3) is 4.17. The van der Waals surface area contributed by atoms with Crippen molar-refractivity contribution >= 4 is 52.1 Å². The molecule has 0 aliphatic rings. The van der Waals surface area contributed by atoms with Gasteiger partial charge in [-0.15, -0.1) is 0 Å². The first-order chi connectivity index (χ1) is 9.97. The zero-order valence-electron chi connectivity index (χ0n) is 11.1. The molecule has 2 rings (SSSR count). The molecule has 0 unspecified atom stereocenters. The smallest absolute Gasteiger partial charge is 0.257 e. The minimum absolute atomic E-state index is 0.135. The molecule has 0 radical (unpaired) electrons. The summed E-state index contributed by atoms with van der Waals surface area (Å²) in [5, 5.41) is 6.39. The predicted molar refractivity (Wildman–Crippen MR) is 91.3 cm³/mol. The monoisotopic (exact) mass is 338 g/mol. The van der Waals surface area contributed by atoms with Crippen LogP contribution >= 0.6 is 35.4 Å². The van der Waals surface area contributed by atoms with Crippen molar-refractivity contribution in [3.63, 3.8) is 0 Å². The van der Waals surface area contributed by atoms with Crippen molar-refractivity contribution in [2.75, 3.05) is 5.32 Å². The predicted octanol–water partition coefficient (Wildman–Crippen LogP) is 4.43. The van der Waals surface area contributed by atoms with Crippen LogP contribution in [-0.4, -0.2) is 11.0 Å². The summed E-state index contributed by atoms with van der Waals surface area (Å²) >= 11 is 17.1. The van der Waals surface area contributed by atoms with Crippen LogP contribution in [0, 0.1) is 6.92 Å². The molecule has 0 atom stereocenters. The first-order valence-electron chi connectivity index (χ1n) is 6.10. The number of para-hydroxylation sites is 1. The van der Waals surface area contributed by atoms with Crippen molar-refractivity contribution in [3.05, 3.63) is 63.6 Å². The van der Waals surface area contributed by atoms with E-state index in [1.54, 1.807) is 30.3 Å². The molecule has 2 aromatic carbocycles. The van der Waals surface area contributed by atoms with Gasteiger partial charge in [0.2, 0.25) is 0 Å². The largest absolute Gasteiger partial charge is 0.330 e. The fourth-order valence-electron chi connectivity index (χ4n) is 1.64. The second-order valence-corrected chi connectivity index (χ2v) is 5.59. The van der Waals surface area contributed by atoms with E-state index in [9.17, 15) is 4.79 Å². The Bertz CT molecular complexity index is 666. The number of nitrogens with one attached hydrogen (secondary N) is 2. The third-order valence-corrected chi connectivity index (χ3v) is 3.58. The van der Waals surface area contributed by atoms with Crippen LogP contribution in [0.3, 0.4) is 0 Å². The Morgan fingerprint density at radius 2 is 1.62 bits per heavy atom. The van der Waals surface area contributed by atoms with Crippen LogP contribution in [0.1, 0.15) is 15.9 Å². The van der Waals surface area contributed by atoms with E-state index in [0.29, 0.717) is 21.3 Å². The van der Waals surface area contributed by atoms with Crippen molar-refractivity contribution in [1.29, 1.82) is 0 Å². The van der Waals surface area contributed by atoms with E-state index < -0.39 is 0 Å². The van der Waals surface area contributed by atoms with Crippen molar-refractivity contribution < 1.29 is 4.79 Å². The maximum absolute atomic E-state index is 12.0. The van der Waals surface area contributed by atoms with Crippen LogP contribution in [0.4, 0.5) is 5.69 Å². The van der Waals surface area contributed by atoms with Crippen molar-refractivity contribution in [2.45, 2.75) is 6.92 Å². The summed E-state index contributed by atoms with van der Waals surface area (Å²) in [7, 11) is 0. The number of carbonyl (C=O) groups is 1. The lowest BCUT2D eigenvalue weighted by molar-refractivity contribution is 0.0978. The number of halogens is 2. The van der Waals surface area contributed by atoms with E-state index in [1.165, 1.54) is 0 Å². The SMILES string of the molecule is Cc1ccc(C(=O)NC(=S)Nc2c(Cl)cccc2Cl)cc1. The van der Waals surface area contributed by atoms with Crippen LogP contribution < -0.4 is 10.6 Å². The average molecular weight is 339 g/mol. The van der Waals surface area contributed by atoms with Crippen LogP contribution in [0.15, 0.2) is 42.5 Å². The second-order valence-electron chi connectivity index (χ2n) is 4.37. The van der Waals surface area contributed by atoms with E-state index in [4.69, 9.17) is 35.4 Å². The highest BCUT2D eigenvalue weighted by molar-refractivity contribution is 7.80. The number of hydrogen-bond acceptors (Lipinski definition) is 2. The first-order valence-corrected chi connectivity index (χ1v) is 7.27. The molecule has 21 heavy (non-hydrogen) atoms. The lowest BCUT2D eigenvalue weighted by Gasteiger charge is -2.12. The maximum atomic E-state index is 12.0. The zero-order chi connectivity index (χ0) is 15.4. The minimum Gasteiger partial charge on any atom is -0.330 e. The summed E-state index contributed by atoms with van der Waals surface area (Å²) in [6.45, 7) is 1.95. The topological polar surface area (TPSA) is 41.1 Å². The van der Waals surface area contributed by atoms with Crippen LogP contribution in [0.5, 0.6) is 0 Å². The fourth-order valence-corrected chi connectivity index (χ4v) is 2.33. The molecule has 0 bridgehead atoms. The summed E-state index contributed by atoms with van der Waals surface area (Å²) < 4.78 is 0. The number of aryl methyl sites for hydroxylation is 1. The zero-order valence-corrected chi connectivity index (χ0v) is 13.4. The van der Waals surface area contributed by atoms with E-state index in [1.807, 2.05) is 19.1 Å². The van der Waals surface area contributed by atoms with Crippen LogP contribution in [0.2, 0.25) is 10.0 Å². The molecule has 0 saturated carbocycles. The van der Waals surface area contributed by atoms with Gasteiger partial charge in [0.05, 0.1) is 15.7 Å². The van der Waals surface area contributed by atoms with Gasteiger partial charge in [-0.2, -0.15) is 0 Å². The number of amides is 1. The van der Waals surface area contributed by atoms with Crippen molar-refractivity contribution in [3.8, 4) is 0 Å². The van der Waals surface area contributed by atoms with E-state index >= 15 is 0 Å². The molecule has 3 nitrogen and oxygen atoms in total. The first kappa shape index (κ1) is 15.8. The normalized spacial score (nSPS) is 10.0. The van der Waals surface area contributed by atoms with Gasteiger partial charge in [-0.25, -0.2) is 0 Å². The Morgan fingerprint density at radius 3 is 2.19 bits per heavy atom. The molecule has 0 saturated heterocycles. The van der Waals surface area contributed by atoms with E-state index in [2.05, 4.69) is 10.6 Å². The highest BCUT2D eigenvalue weighted by atomic mass is 35.5. The molecule has 1 amide bonds. The van der Waals surface area contributed by atoms with Gasteiger partial charge in [-0.05, 0) is 43.4 Å². The van der Waals surface area contributed by atoms with Gasteiger partial charge >= 0.3 is 0 Å². The molecule has 0 aliphatic carbocycles. The Balaban J connectivity index is 2.05. The van der Waals surface area contributed by atoms with Gasteiger partial charge in [-0.1, -0.05) is 47.0 Å². The molecule has 0 heterocycles. The molecule has 2 aromatic rings. The Kier molecular flexibility index (Phi) is 5.17. The quantitative estimate of drug-likeness (QED) is 0.796. The Hall–Kier alpha value is -1.62. The lowest BCUT2D eigenvalue weighted by Crippen LogP contribution is -2.34. The van der Waals surface area contributed by atoms with Crippen molar-refractivity contribution in [1.82, 2.24) is 5.32 Å². The Labute approximate surface area is 138 Å². The van der Waals surface area contributed by atoms with Gasteiger partial charge in [0.25, 0.3) is 5.91 Å². The number of benzene rings is 2. The number of rotatable bonds is 2. The standard InChI is InChI=1S/C15H12Cl2N2OS/c1-9-5-7-10(8-6-9)14(20)19-15(21)18-13-11(16)3-2-4-12(13)17/h2-8H,1H3,(H2,18,19,20,21). The van der Waals surface area contributed by atoms with Crippen molar-refractivity contribution in [2.24, 2.45) is 0 Å². The minimum atomic E-state index is -0.296. The molecule has 0 fully saturated rings. The molecular formula is C15H12Cl2N2OS. The molecule has 2 N–H and O–H groups in total. The van der Waals surface area contributed by atoms with E-state index in [0.717, 1.165) is 5.56 Å².